The van der Waals surface area contributed by atoms with E-state index < -0.39 is 22.0 Å². The topological polar surface area (TPSA) is 80.7 Å². The van der Waals surface area contributed by atoms with Gasteiger partial charge in [-0.2, -0.15) is 0 Å². The normalized spacial score (nSPS) is 38.1. The number of fused-ring (bicyclic) bond motifs is 7. The third-order valence-electron chi connectivity index (χ3n) is 10.8. The highest BCUT2D eigenvalue weighted by molar-refractivity contribution is 6.22. The van der Waals surface area contributed by atoms with Crippen LogP contribution in [0.15, 0.2) is 17.9 Å². The van der Waals surface area contributed by atoms with Gasteiger partial charge in [0.2, 0.25) is 5.78 Å². The molecule has 5 heteroatoms. The molecule has 4 aliphatic rings. The first-order valence-electron chi connectivity index (χ1n) is 12.7. The highest BCUT2D eigenvalue weighted by atomic mass is 16.5. The first kappa shape index (κ1) is 24.0. The molecule has 1 unspecified atom stereocenters. The number of carbonyl (C=O) groups is 3. The third kappa shape index (κ3) is 2.78. The van der Waals surface area contributed by atoms with Crippen molar-refractivity contribution < 1.29 is 24.2 Å². The lowest BCUT2D eigenvalue weighted by Gasteiger charge is -2.65. The number of allylic oxidation sites excluding steroid dienone is 2. The molecule has 0 spiro atoms. The van der Waals surface area contributed by atoms with E-state index in [4.69, 9.17) is 4.74 Å². The Morgan fingerprint density at radius 2 is 1.66 bits per heavy atom. The maximum absolute atomic E-state index is 14.5. The van der Waals surface area contributed by atoms with E-state index >= 15 is 0 Å². The number of rotatable bonds is 1. The highest BCUT2D eigenvalue weighted by Gasteiger charge is 2.67. The fourth-order valence-corrected chi connectivity index (χ4v) is 8.14. The number of aliphatic hydroxyl groups excluding tert-OH is 1. The van der Waals surface area contributed by atoms with Gasteiger partial charge in [0.05, 0.1) is 12.5 Å². The molecule has 0 aliphatic heterocycles. The molecule has 35 heavy (non-hydrogen) atoms. The third-order valence-corrected chi connectivity index (χ3v) is 10.8. The minimum absolute atomic E-state index is 0.0227. The van der Waals surface area contributed by atoms with Crippen molar-refractivity contribution in [1.29, 1.82) is 0 Å². The molecule has 1 aromatic rings. The first-order chi connectivity index (χ1) is 16.2. The van der Waals surface area contributed by atoms with Crippen LogP contribution in [-0.4, -0.2) is 29.8 Å². The number of ketones is 2. The second kappa shape index (κ2) is 7.18. The smallest absolute Gasteiger partial charge is 0.311 e. The fraction of sp³-hybridized carbons (Fsp3) is 0.567. The van der Waals surface area contributed by atoms with Gasteiger partial charge in [0.15, 0.2) is 11.5 Å². The SMILES string of the molecule is COC(=O)[C@]1(C)CC[C@]2(C)CC[C@]3(C)c4ccc5c(c4=C(C)C(=O)[C@@]3(C)C2C1)=CC(=O)C(O)=C5C. The van der Waals surface area contributed by atoms with Gasteiger partial charge in [0.25, 0.3) is 0 Å². The van der Waals surface area contributed by atoms with Crippen LogP contribution in [0.4, 0.5) is 0 Å². The summed E-state index contributed by atoms with van der Waals surface area (Å²) in [5.74, 6) is -0.702. The van der Waals surface area contributed by atoms with E-state index in [2.05, 4.69) is 26.8 Å². The molecule has 5 atom stereocenters. The highest BCUT2D eigenvalue weighted by Crippen LogP contribution is 2.68. The zero-order valence-corrected chi connectivity index (χ0v) is 21.9. The number of aliphatic hydroxyl groups is 1. The van der Waals surface area contributed by atoms with Gasteiger partial charge in [-0.15, -0.1) is 0 Å². The van der Waals surface area contributed by atoms with Crippen LogP contribution in [0.1, 0.15) is 84.8 Å². The Balaban J connectivity index is 1.78. The molecule has 2 fully saturated rings. The van der Waals surface area contributed by atoms with Crippen LogP contribution in [0, 0.1) is 22.2 Å². The van der Waals surface area contributed by atoms with Crippen LogP contribution < -0.4 is 10.4 Å². The van der Waals surface area contributed by atoms with Crippen molar-refractivity contribution in [3.05, 3.63) is 39.5 Å². The molecule has 5 rings (SSSR count). The molecule has 0 amide bonds. The Kier molecular flexibility index (Phi) is 4.93. The van der Waals surface area contributed by atoms with Crippen LogP contribution in [0.25, 0.3) is 17.2 Å². The number of esters is 1. The average molecular weight is 477 g/mol. The summed E-state index contributed by atoms with van der Waals surface area (Å²) in [4.78, 5) is 39.9. The van der Waals surface area contributed by atoms with Crippen molar-refractivity contribution in [2.24, 2.45) is 22.2 Å². The molecule has 1 N–H and O–H groups in total. The monoisotopic (exact) mass is 476 g/mol. The van der Waals surface area contributed by atoms with E-state index in [1.807, 2.05) is 19.9 Å². The summed E-state index contributed by atoms with van der Waals surface area (Å²) in [6.45, 7) is 12.2. The van der Waals surface area contributed by atoms with Gasteiger partial charge < -0.3 is 9.84 Å². The molecule has 186 valence electrons. The number of Topliss-reactive ketones (excluding diaryl/α,β-unsaturated/α-hetero) is 2. The lowest BCUT2D eigenvalue weighted by molar-refractivity contribution is -0.172. The Morgan fingerprint density at radius 1 is 1.00 bits per heavy atom. The summed E-state index contributed by atoms with van der Waals surface area (Å²) in [6.07, 6.45) is 5.62. The van der Waals surface area contributed by atoms with Gasteiger partial charge in [-0.05, 0) is 91.8 Å². The quantitative estimate of drug-likeness (QED) is 0.617. The van der Waals surface area contributed by atoms with Crippen molar-refractivity contribution in [2.75, 3.05) is 7.11 Å². The predicted molar refractivity (Wildman–Crippen MR) is 135 cm³/mol. The van der Waals surface area contributed by atoms with Crippen molar-refractivity contribution in [3.63, 3.8) is 0 Å². The van der Waals surface area contributed by atoms with E-state index in [9.17, 15) is 19.5 Å². The van der Waals surface area contributed by atoms with Gasteiger partial charge in [-0.25, -0.2) is 0 Å². The number of methoxy groups -OCH3 is 1. The van der Waals surface area contributed by atoms with Crippen LogP contribution >= 0.6 is 0 Å². The Morgan fingerprint density at radius 3 is 2.31 bits per heavy atom. The van der Waals surface area contributed by atoms with E-state index in [1.165, 1.54) is 13.2 Å². The van der Waals surface area contributed by atoms with Gasteiger partial charge in [0, 0.05) is 22.0 Å². The molecule has 5 nitrogen and oxygen atoms in total. The number of hydrogen-bond acceptors (Lipinski definition) is 5. The summed E-state index contributed by atoms with van der Waals surface area (Å²) in [5.41, 5.74) is 1.35. The summed E-state index contributed by atoms with van der Waals surface area (Å²) in [5, 5.41) is 11.8. The molecule has 0 heterocycles. The number of hydrogen-bond donors (Lipinski definition) is 1. The van der Waals surface area contributed by atoms with Crippen LogP contribution in [-0.2, 0) is 24.5 Å². The molecular formula is C30H36O5. The summed E-state index contributed by atoms with van der Waals surface area (Å²) >= 11 is 0. The predicted octanol–water partition coefficient (Wildman–Crippen LogP) is 4.14. The van der Waals surface area contributed by atoms with E-state index in [1.54, 1.807) is 6.92 Å². The second-order valence-corrected chi connectivity index (χ2v) is 12.4. The first-order valence-corrected chi connectivity index (χ1v) is 12.7. The fourth-order valence-electron chi connectivity index (χ4n) is 8.14. The molecule has 0 radical (unpaired) electrons. The van der Waals surface area contributed by atoms with Gasteiger partial charge in [0.1, 0.15) is 0 Å². The van der Waals surface area contributed by atoms with E-state index in [0.717, 1.165) is 47.2 Å². The summed E-state index contributed by atoms with van der Waals surface area (Å²) < 4.78 is 5.20. The minimum Gasteiger partial charge on any atom is -0.504 e. The molecule has 0 saturated heterocycles. The lowest BCUT2D eigenvalue weighted by Crippen LogP contribution is -2.66. The molecule has 2 saturated carbocycles. The van der Waals surface area contributed by atoms with Crippen molar-refractivity contribution in [2.45, 2.75) is 79.1 Å². The number of carbonyl (C=O) groups excluding carboxylic acids is 3. The summed E-state index contributed by atoms with van der Waals surface area (Å²) in [7, 11) is 1.45. The largest absolute Gasteiger partial charge is 0.504 e. The van der Waals surface area contributed by atoms with Crippen molar-refractivity contribution in [3.8, 4) is 0 Å². The van der Waals surface area contributed by atoms with E-state index in [0.29, 0.717) is 17.6 Å². The molecule has 0 bridgehead atoms. The standard InChI is InChI=1S/C30H36O5/c1-16-18-8-9-20-23(19(18)14-21(31)24(16)32)17(2)25(33)30(6)22-15-28(4,26(34)35-7)11-10-27(22,3)12-13-29(20,30)5/h8-9,14,22,32H,10-13,15H2,1-7H3/t22?,27-,28-,29-,30-/m1/s1. The maximum Gasteiger partial charge on any atom is 0.311 e. The molecule has 4 aliphatic carbocycles. The Bertz CT molecular complexity index is 1370. The molecular weight excluding hydrogens is 440 g/mol. The zero-order valence-electron chi connectivity index (χ0n) is 21.9. The van der Waals surface area contributed by atoms with Crippen LogP contribution in [0.5, 0.6) is 0 Å². The van der Waals surface area contributed by atoms with Crippen molar-refractivity contribution >= 4 is 34.8 Å². The van der Waals surface area contributed by atoms with Gasteiger partial charge in [-0.1, -0.05) is 32.9 Å². The van der Waals surface area contributed by atoms with Crippen LogP contribution in [0.2, 0.25) is 0 Å². The van der Waals surface area contributed by atoms with E-state index in [-0.39, 0.29) is 28.8 Å². The Labute approximate surface area is 206 Å². The van der Waals surface area contributed by atoms with Gasteiger partial charge >= 0.3 is 5.97 Å². The summed E-state index contributed by atoms with van der Waals surface area (Å²) in [6, 6.07) is 4.10. The lowest BCUT2D eigenvalue weighted by atomic mass is 9.37. The zero-order chi connectivity index (χ0) is 25.7. The number of ether oxygens (including phenoxy) is 1. The molecule has 1 aromatic carbocycles. The van der Waals surface area contributed by atoms with Crippen LogP contribution in [0.3, 0.4) is 0 Å². The maximum atomic E-state index is 14.5. The molecule has 0 aromatic heterocycles. The van der Waals surface area contributed by atoms with Gasteiger partial charge in [-0.3, -0.25) is 14.4 Å². The van der Waals surface area contributed by atoms with Crippen molar-refractivity contribution in [1.82, 2.24) is 0 Å². The second-order valence-electron chi connectivity index (χ2n) is 12.4. The number of benzene rings is 1. The average Bonchev–Trinajstić information content (AvgIpc) is 2.83. The minimum atomic E-state index is -0.688. The Hall–Kier alpha value is -2.69.